The summed E-state index contributed by atoms with van der Waals surface area (Å²) in [6, 6.07) is 5.84. The van der Waals surface area contributed by atoms with Gasteiger partial charge in [0.15, 0.2) is 5.82 Å². The number of nitriles is 1. The number of nitrogens with zero attached hydrogens (tertiary/aromatic N) is 5. The molecule has 30 heavy (non-hydrogen) atoms. The molecule has 0 amide bonds. The van der Waals surface area contributed by atoms with Crippen molar-refractivity contribution in [3.63, 3.8) is 0 Å². The molecular weight excluding hydrogens is 393 g/mol. The Morgan fingerprint density at radius 2 is 1.90 bits per heavy atom. The van der Waals surface area contributed by atoms with Crippen LogP contribution in [-0.2, 0) is 12.6 Å². The van der Waals surface area contributed by atoms with Crippen LogP contribution < -0.4 is 5.32 Å². The summed E-state index contributed by atoms with van der Waals surface area (Å²) in [5.74, 6) is 2.11. The summed E-state index contributed by atoms with van der Waals surface area (Å²) in [5, 5.41) is 12.2. The Morgan fingerprint density at radius 1 is 1.17 bits per heavy atom. The second kappa shape index (κ2) is 8.54. The highest BCUT2D eigenvalue weighted by Crippen LogP contribution is 2.38. The van der Waals surface area contributed by atoms with Crippen LogP contribution in [0.2, 0.25) is 0 Å². The molecule has 0 spiro atoms. The third kappa shape index (κ3) is 5.88. The fourth-order valence-electron chi connectivity index (χ4n) is 3.04. The molecule has 1 saturated carbocycles. The highest BCUT2D eigenvalue weighted by atomic mass is 19.4. The van der Waals surface area contributed by atoms with Gasteiger partial charge in [0.05, 0.1) is 11.5 Å². The Morgan fingerprint density at radius 3 is 2.53 bits per heavy atom. The van der Waals surface area contributed by atoms with Crippen LogP contribution in [0.1, 0.15) is 51.6 Å². The van der Waals surface area contributed by atoms with Gasteiger partial charge in [-0.2, -0.15) is 28.4 Å². The molecule has 2 aromatic rings. The predicted molar refractivity (Wildman–Crippen MR) is 106 cm³/mol. The van der Waals surface area contributed by atoms with Gasteiger partial charge < -0.3 is 5.32 Å². The topological polar surface area (TPSA) is 87.4 Å². The minimum Gasteiger partial charge on any atom is -0.353 e. The Bertz CT molecular complexity index is 931. The van der Waals surface area contributed by atoms with E-state index in [-0.39, 0.29) is 17.5 Å². The van der Waals surface area contributed by atoms with Crippen molar-refractivity contribution in [1.29, 1.82) is 5.26 Å². The number of nitrogens with one attached hydrogen (secondary N) is 1. The third-order valence-electron chi connectivity index (χ3n) is 5.19. The molecule has 1 aliphatic carbocycles. The third-order valence-corrected chi connectivity index (χ3v) is 5.19. The normalized spacial score (nSPS) is 15.5. The molecule has 1 aliphatic rings. The van der Waals surface area contributed by atoms with E-state index in [2.05, 4.69) is 38.2 Å². The summed E-state index contributed by atoms with van der Waals surface area (Å²) < 4.78 is 39.2. The maximum absolute atomic E-state index is 13.1. The summed E-state index contributed by atoms with van der Waals surface area (Å²) in [4.78, 5) is 16.8. The van der Waals surface area contributed by atoms with E-state index in [1.165, 1.54) is 25.0 Å². The minimum absolute atomic E-state index is 0.0336. The molecule has 1 fully saturated rings. The van der Waals surface area contributed by atoms with E-state index in [9.17, 15) is 18.4 Å². The quantitative estimate of drug-likeness (QED) is 0.657. The van der Waals surface area contributed by atoms with Crippen LogP contribution in [0, 0.1) is 28.6 Å². The summed E-state index contributed by atoms with van der Waals surface area (Å²) >= 11 is 0. The maximum atomic E-state index is 13.1. The van der Waals surface area contributed by atoms with Crippen molar-refractivity contribution in [2.24, 2.45) is 17.3 Å². The largest absolute Gasteiger partial charge is 0.433 e. The first-order chi connectivity index (χ1) is 14.1. The fourth-order valence-corrected chi connectivity index (χ4v) is 3.04. The van der Waals surface area contributed by atoms with E-state index >= 15 is 0 Å². The number of aryl methyl sites for hydroxylation is 1. The van der Waals surface area contributed by atoms with Crippen molar-refractivity contribution < 1.29 is 13.2 Å². The van der Waals surface area contributed by atoms with Crippen LogP contribution >= 0.6 is 0 Å². The molecule has 3 rings (SSSR count). The average Bonchev–Trinajstić information content (AvgIpc) is 3.55. The molecule has 1 atom stereocenters. The Hall–Kier alpha value is -2.76. The number of hydrogen-bond acceptors (Lipinski definition) is 6. The molecule has 0 saturated heterocycles. The van der Waals surface area contributed by atoms with Crippen molar-refractivity contribution in [3.8, 4) is 17.6 Å². The standard InChI is InChI=1S/C21H25F3N6/c1-13(14-8-9-14)7-10-17-28-18(15-5-4-6-16(27-15)21(22,23)24)30-19(29-17)26-12-20(2,3)11-25/h4-6,13-14H,7-10,12H2,1-3H3,(H,26,28,29,30)/t13-/m0/s1. The summed E-state index contributed by atoms with van der Waals surface area (Å²) in [5.41, 5.74) is -1.61. The van der Waals surface area contributed by atoms with Gasteiger partial charge >= 0.3 is 6.18 Å². The van der Waals surface area contributed by atoms with Gasteiger partial charge in [-0.3, -0.25) is 0 Å². The van der Waals surface area contributed by atoms with Crippen molar-refractivity contribution in [2.45, 2.75) is 52.6 Å². The lowest BCUT2D eigenvalue weighted by Gasteiger charge is -2.17. The van der Waals surface area contributed by atoms with Gasteiger partial charge in [0, 0.05) is 13.0 Å². The lowest BCUT2D eigenvalue weighted by Crippen LogP contribution is -2.22. The summed E-state index contributed by atoms with van der Waals surface area (Å²) in [6.07, 6.45) is -0.569. The summed E-state index contributed by atoms with van der Waals surface area (Å²) in [6.45, 7) is 6.03. The number of hydrogen-bond donors (Lipinski definition) is 1. The highest BCUT2D eigenvalue weighted by molar-refractivity contribution is 5.51. The van der Waals surface area contributed by atoms with Gasteiger partial charge in [-0.05, 0) is 57.1 Å². The van der Waals surface area contributed by atoms with Crippen molar-refractivity contribution >= 4 is 5.95 Å². The van der Waals surface area contributed by atoms with Crippen LogP contribution in [0.5, 0.6) is 0 Å². The second-order valence-electron chi connectivity index (χ2n) is 8.51. The smallest absolute Gasteiger partial charge is 0.353 e. The van der Waals surface area contributed by atoms with E-state index in [1.807, 2.05) is 0 Å². The molecule has 2 heterocycles. The molecule has 0 unspecified atom stereocenters. The second-order valence-corrected chi connectivity index (χ2v) is 8.51. The van der Waals surface area contributed by atoms with E-state index in [0.717, 1.165) is 18.4 Å². The van der Waals surface area contributed by atoms with E-state index in [4.69, 9.17) is 0 Å². The zero-order valence-corrected chi connectivity index (χ0v) is 17.3. The maximum Gasteiger partial charge on any atom is 0.433 e. The monoisotopic (exact) mass is 418 g/mol. The Labute approximate surface area is 174 Å². The molecule has 0 aliphatic heterocycles. The first-order valence-electron chi connectivity index (χ1n) is 10.0. The molecule has 9 heteroatoms. The average molecular weight is 418 g/mol. The molecule has 0 aromatic carbocycles. The van der Waals surface area contributed by atoms with Crippen LogP contribution in [0.15, 0.2) is 18.2 Å². The van der Waals surface area contributed by atoms with Gasteiger partial charge in [-0.1, -0.05) is 13.0 Å². The number of pyridine rings is 1. The highest BCUT2D eigenvalue weighted by Gasteiger charge is 2.33. The summed E-state index contributed by atoms with van der Waals surface area (Å²) in [7, 11) is 0. The van der Waals surface area contributed by atoms with Gasteiger partial charge in [0.2, 0.25) is 5.95 Å². The fraction of sp³-hybridized carbons (Fsp3) is 0.571. The molecule has 0 bridgehead atoms. The lowest BCUT2D eigenvalue weighted by atomic mass is 9.96. The van der Waals surface area contributed by atoms with Crippen LogP contribution in [0.25, 0.3) is 11.5 Å². The zero-order chi connectivity index (χ0) is 21.9. The first kappa shape index (κ1) is 21.9. The van der Waals surface area contributed by atoms with Crippen molar-refractivity contribution in [3.05, 3.63) is 29.7 Å². The van der Waals surface area contributed by atoms with Crippen molar-refractivity contribution in [2.75, 3.05) is 11.9 Å². The van der Waals surface area contributed by atoms with Gasteiger partial charge in [0.1, 0.15) is 17.2 Å². The molecule has 6 nitrogen and oxygen atoms in total. The van der Waals surface area contributed by atoms with Gasteiger partial charge in [-0.25, -0.2) is 9.97 Å². The number of aromatic nitrogens is 4. The molecule has 2 aromatic heterocycles. The van der Waals surface area contributed by atoms with Gasteiger partial charge in [0.25, 0.3) is 0 Å². The van der Waals surface area contributed by atoms with E-state index < -0.39 is 17.3 Å². The zero-order valence-electron chi connectivity index (χ0n) is 17.3. The SMILES string of the molecule is C[C@@H](CCc1nc(NCC(C)(C)C#N)nc(-c2cccc(C(F)(F)F)n2)n1)C1CC1. The molecule has 1 N–H and O–H groups in total. The van der Waals surface area contributed by atoms with Crippen LogP contribution in [0.3, 0.4) is 0 Å². The Kier molecular flexibility index (Phi) is 6.25. The Balaban J connectivity index is 1.89. The van der Waals surface area contributed by atoms with E-state index in [1.54, 1.807) is 13.8 Å². The van der Waals surface area contributed by atoms with Crippen LogP contribution in [0.4, 0.5) is 19.1 Å². The van der Waals surface area contributed by atoms with Gasteiger partial charge in [-0.15, -0.1) is 0 Å². The number of alkyl halides is 3. The molecule has 160 valence electrons. The molecule has 0 radical (unpaired) electrons. The predicted octanol–water partition coefficient (Wildman–Crippen LogP) is 4.89. The van der Waals surface area contributed by atoms with E-state index in [0.29, 0.717) is 24.7 Å². The number of halogens is 3. The first-order valence-corrected chi connectivity index (χ1v) is 10.0. The van der Waals surface area contributed by atoms with Crippen molar-refractivity contribution in [1.82, 2.24) is 19.9 Å². The number of anilines is 1. The number of rotatable bonds is 8. The van der Waals surface area contributed by atoms with Crippen LogP contribution in [-0.4, -0.2) is 26.5 Å². The minimum atomic E-state index is -4.55. The lowest BCUT2D eigenvalue weighted by molar-refractivity contribution is -0.141. The molecular formula is C21H25F3N6.